The number of halogens is 1. The molecule has 6 aromatic rings. The Hall–Kier alpha value is -5.82. The minimum Gasteiger partial charge on any atom is -0.447 e. The predicted octanol–water partition coefficient (Wildman–Crippen LogP) is 12.8. The van der Waals surface area contributed by atoms with Gasteiger partial charge >= 0.3 is 12.2 Å². The Morgan fingerprint density at radius 1 is 0.616 bits per heavy atom. The van der Waals surface area contributed by atoms with Crippen LogP contribution in [-0.2, 0) is 34.4 Å². The number of nitrogens with one attached hydrogen (secondary N) is 4. The molecule has 2 amide bonds. The number of carbonyl (C=O) groups is 2. The molecule has 0 radical (unpaired) electrons. The van der Waals surface area contributed by atoms with Crippen molar-refractivity contribution < 1.29 is 40.7 Å². The van der Waals surface area contributed by atoms with Crippen molar-refractivity contribution in [3.8, 4) is 42.0 Å². The number of hydrogen-bond donors (Lipinski definition) is 5. The third-order valence-corrected chi connectivity index (χ3v) is 15.0. The number of rotatable bonds is 13. The van der Waals surface area contributed by atoms with Gasteiger partial charge in [-0.2, -0.15) is 0 Å². The van der Waals surface area contributed by atoms with E-state index in [0.717, 1.165) is 21.0 Å². The van der Waals surface area contributed by atoms with Gasteiger partial charge in [0.15, 0.2) is 5.34 Å². The van der Waals surface area contributed by atoms with Crippen LogP contribution in [0, 0.1) is 4.91 Å². The summed E-state index contributed by atoms with van der Waals surface area (Å²) >= 11 is 6.13. The number of aromatic nitrogens is 2. The van der Waals surface area contributed by atoms with Crippen molar-refractivity contribution in [2.24, 2.45) is 5.34 Å². The topological polar surface area (TPSA) is 259 Å². The fraction of sp³-hybridized carbons (Fsp3) is 0.360. The lowest BCUT2D eigenvalue weighted by atomic mass is 10.1. The van der Waals surface area contributed by atoms with E-state index < -0.39 is 48.9 Å². The van der Waals surface area contributed by atoms with Crippen molar-refractivity contribution in [1.82, 2.24) is 19.4 Å². The van der Waals surface area contributed by atoms with Crippen LogP contribution in [0.15, 0.2) is 117 Å². The molecule has 0 aliphatic heterocycles. The number of nitrogen functional groups attached to an aromatic ring is 1. The summed E-state index contributed by atoms with van der Waals surface area (Å²) in [6.07, 6.45) is 1.87. The molecule has 0 fully saturated rings. The highest BCUT2D eigenvalue weighted by atomic mass is 79.9. The van der Waals surface area contributed by atoms with Crippen LogP contribution in [0.25, 0.3) is 42.0 Å². The number of anilines is 3. The van der Waals surface area contributed by atoms with Crippen LogP contribution in [0.5, 0.6) is 0 Å². The van der Waals surface area contributed by atoms with Crippen LogP contribution in [0.4, 0.5) is 26.7 Å². The lowest BCUT2D eigenvalue weighted by Crippen LogP contribution is -2.40. The molecule has 2 aromatic heterocycles. The minimum atomic E-state index is -3.80. The van der Waals surface area contributed by atoms with Crippen molar-refractivity contribution >= 4 is 87.9 Å². The second-order valence-corrected chi connectivity index (χ2v) is 26.0. The van der Waals surface area contributed by atoms with E-state index in [1.807, 2.05) is 30.3 Å². The molecular weight excluding hydrogens is 1080 g/mol. The SMILES string of the molecule is CC(C)(C)ON=O.CC(C)OC(=O)Nc1ccc(-c2ncc(-c3ccc(Br)cc3S(=O)(=O)NC(C)(C)C)s2)cc1.CC(C)OC(=O)Nc1ccc(-c2ncc(-c3ccc(N)cc3S(=O)(=O)NC(C)(C)C)s2)cc1. The number of thiazole rings is 2. The van der Waals surface area contributed by atoms with Gasteiger partial charge in [-0.3, -0.25) is 10.6 Å². The number of carbonyl (C=O) groups excluding carboxylic acids is 2. The Kier molecular flexibility index (Phi) is 20.4. The summed E-state index contributed by atoms with van der Waals surface area (Å²) < 4.78 is 68.4. The largest absolute Gasteiger partial charge is 0.447 e. The molecule has 0 unspecified atom stereocenters. The van der Waals surface area contributed by atoms with E-state index >= 15 is 0 Å². The van der Waals surface area contributed by atoms with E-state index in [1.165, 1.54) is 28.7 Å². The summed E-state index contributed by atoms with van der Waals surface area (Å²) in [5.74, 6) is 0. The molecule has 0 aliphatic carbocycles. The first kappa shape index (κ1) is 59.7. The molecule has 0 spiro atoms. The van der Waals surface area contributed by atoms with Gasteiger partial charge in [-0.15, -0.1) is 27.6 Å². The van der Waals surface area contributed by atoms with Gasteiger partial charge in [0.25, 0.3) is 0 Å². The van der Waals surface area contributed by atoms with Crippen LogP contribution in [0.2, 0.25) is 0 Å². The number of sulfonamides is 2. The smallest absolute Gasteiger partial charge is 0.411 e. The molecule has 73 heavy (non-hydrogen) atoms. The highest BCUT2D eigenvalue weighted by Crippen LogP contribution is 2.39. The summed E-state index contributed by atoms with van der Waals surface area (Å²) in [6, 6.07) is 24.4. The Balaban J connectivity index is 0.000000280. The third-order valence-electron chi connectivity index (χ3n) is 8.70. The number of ether oxygens (including phenoxy) is 2. The molecule has 0 saturated heterocycles. The van der Waals surface area contributed by atoms with Crippen LogP contribution < -0.4 is 25.8 Å². The summed E-state index contributed by atoms with van der Waals surface area (Å²) in [7, 11) is -7.56. The van der Waals surface area contributed by atoms with Gasteiger partial charge < -0.3 is 20.0 Å². The Morgan fingerprint density at radius 3 is 1.34 bits per heavy atom. The van der Waals surface area contributed by atoms with Gasteiger partial charge in [-0.05, 0) is 163 Å². The minimum absolute atomic E-state index is 0.107. The molecule has 23 heteroatoms. The second-order valence-electron chi connectivity index (χ2n) is 19.8. The molecular formula is C50H63BrN8O10S4. The molecule has 18 nitrogen and oxygen atoms in total. The summed E-state index contributed by atoms with van der Waals surface area (Å²) in [5.41, 5.74) is 8.56. The Bertz CT molecular complexity index is 2870. The van der Waals surface area contributed by atoms with Gasteiger partial charge in [0.2, 0.25) is 20.0 Å². The first-order chi connectivity index (χ1) is 33.7. The molecule has 0 aliphatic rings. The second kappa shape index (κ2) is 24.9. The summed E-state index contributed by atoms with van der Waals surface area (Å²) in [5, 5.41) is 9.04. The first-order valence-corrected chi connectivity index (χ1v) is 28.0. The van der Waals surface area contributed by atoms with E-state index in [4.69, 9.17) is 15.2 Å². The quantitative estimate of drug-likeness (QED) is 0.0410. The number of hydrogen-bond acceptors (Lipinski definition) is 16. The third kappa shape index (κ3) is 19.5. The Labute approximate surface area is 444 Å². The summed E-state index contributed by atoms with van der Waals surface area (Å²) in [4.78, 5) is 47.8. The van der Waals surface area contributed by atoms with E-state index in [2.05, 4.69) is 56.2 Å². The van der Waals surface area contributed by atoms with Crippen LogP contribution in [0.1, 0.15) is 90.0 Å². The molecule has 0 bridgehead atoms. The molecule has 0 saturated carbocycles. The van der Waals surface area contributed by atoms with Gasteiger partial charge in [0.1, 0.15) is 15.6 Å². The highest BCUT2D eigenvalue weighted by Gasteiger charge is 2.28. The average Bonchev–Trinajstić information content (AvgIpc) is 3.94. The van der Waals surface area contributed by atoms with Crippen molar-refractivity contribution in [1.29, 1.82) is 0 Å². The van der Waals surface area contributed by atoms with Crippen LogP contribution in [-0.4, -0.2) is 67.9 Å². The number of nitrogens with two attached hydrogens (primary N) is 1. The maximum absolute atomic E-state index is 13.1. The fourth-order valence-corrected chi connectivity index (χ4v) is 12.0. The van der Waals surface area contributed by atoms with E-state index in [0.29, 0.717) is 42.5 Å². The average molecular weight is 1140 g/mol. The first-order valence-electron chi connectivity index (χ1n) is 22.6. The molecule has 4 aromatic carbocycles. The fourth-order valence-electron chi connectivity index (χ4n) is 6.09. The molecule has 6 N–H and O–H groups in total. The van der Waals surface area contributed by atoms with E-state index in [-0.39, 0.29) is 22.0 Å². The molecule has 2 heterocycles. The standard InChI is InChI=1S/C23H26BrN3O4S2.C23H28N4O4S2.C4H9NO2/c2*1-14(2)31-22(28)26-17-9-6-15(7-10-17)21-25-13-19(32-21)18-11-8-16(24)12-20(18)33(29,30)27-23(3,4)5;1-4(2,3)7-5-6/h6-14,27H,1-5H3,(H,26,28);6-14,27H,24H2,1-5H3,(H,26,28);1-3H3. The maximum Gasteiger partial charge on any atom is 0.411 e. The van der Waals surface area contributed by atoms with E-state index in [1.54, 1.807) is 151 Å². The Morgan fingerprint density at radius 2 is 1.00 bits per heavy atom. The number of benzene rings is 4. The van der Waals surface area contributed by atoms with Crippen molar-refractivity contribution in [3.05, 3.63) is 107 Å². The molecule has 0 atom stereocenters. The van der Waals surface area contributed by atoms with Crippen LogP contribution >= 0.6 is 38.6 Å². The van der Waals surface area contributed by atoms with Gasteiger partial charge in [-0.1, -0.05) is 28.1 Å². The number of amides is 2. The number of nitrogens with zero attached hydrogens (tertiary/aromatic N) is 3. The lowest BCUT2D eigenvalue weighted by Gasteiger charge is -2.21. The molecule has 394 valence electrons. The van der Waals surface area contributed by atoms with Gasteiger partial charge in [0, 0.05) is 67.3 Å². The molecule has 6 rings (SSSR count). The van der Waals surface area contributed by atoms with Crippen molar-refractivity contribution in [3.63, 3.8) is 0 Å². The monoisotopic (exact) mass is 1140 g/mol. The lowest BCUT2D eigenvalue weighted by molar-refractivity contribution is -0.00230. The highest BCUT2D eigenvalue weighted by molar-refractivity contribution is 9.10. The van der Waals surface area contributed by atoms with Crippen molar-refractivity contribution in [2.75, 3.05) is 16.4 Å². The van der Waals surface area contributed by atoms with Gasteiger partial charge in [-0.25, -0.2) is 45.8 Å². The maximum atomic E-state index is 13.1. The van der Waals surface area contributed by atoms with Gasteiger partial charge in [0.05, 0.1) is 31.8 Å². The van der Waals surface area contributed by atoms with Crippen molar-refractivity contribution in [2.45, 2.75) is 129 Å². The zero-order chi connectivity index (χ0) is 54.7. The van der Waals surface area contributed by atoms with E-state index in [9.17, 15) is 31.3 Å². The van der Waals surface area contributed by atoms with Crippen LogP contribution in [0.3, 0.4) is 0 Å². The summed E-state index contributed by atoms with van der Waals surface area (Å²) in [6.45, 7) is 23.1. The predicted molar refractivity (Wildman–Crippen MR) is 295 cm³/mol. The normalized spacial score (nSPS) is 11.9. The zero-order valence-electron chi connectivity index (χ0n) is 42.9. The zero-order valence-corrected chi connectivity index (χ0v) is 47.8.